The van der Waals surface area contributed by atoms with Crippen LogP contribution in [0.15, 0.2) is 60.7 Å². The van der Waals surface area contributed by atoms with Crippen molar-refractivity contribution in [2.75, 3.05) is 13.7 Å². The van der Waals surface area contributed by atoms with E-state index in [1.807, 2.05) is 60.7 Å². The topological polar surface area (TPSA) is 152 Å². The average molecular weight is 497 g/mol. The van der Waals surface area contributed by atoms with Crippen LogP contribution in [0, 0.1) is 0 Å². The fraction of sp³-hybridized carbons (Fsp3) is 0.304. The molecular weight excluding hydrogens is 471 g/mol. The monoisotopic (exact) mass is 497 g/mol. The summed E-state index contributed by atoms with van der Waals surface area (Å²) in [5.41, 5.74) is 5.81. The lowest BCUT2D eigenvalue weighted by Crippen LogP contribution is -2.70. The number of methoxy groups -OCH3 is 1. The van der Waals surface area contributed by atoms with E-state index in [9.17, 15) is 27.6 Å². The van der Waals surface area contributed by atoms with Crippen molar-refractivity contribution in [3.8, 4) is 0 Å². The second-order valence-electron chi connectivity index (χ2n) is 7.22. The maximum Gasteiger partial charge on any atom is 0.430 e. The van der Waals surface area contributed by atoms with Gasteiger partial charge in [-0.15, -0.1) is 0 Å². The van der Waals surface area contributed by atoms with E-state index in [4.69, 9.17) is 9.90 Å². The Morgan fingerprint density at radius 2 is 1.37 bits per heavy atom. The van der Waals surface area contributed by atoms with Crippen LogP contribution in [0.25, 0.3) is 0 Å². The van der Waals surface area contributed by atoms with Gasteiger partial charge in [0.05, 0.1) is 7.11 Å². The second kappa shape index (κ2) is 14.4. The molecule has 0 heterocycles. The highest BCUT2D eigenvalue weighted by molar-refractivity contribution is 5.91. The zero-order chi connectivity index (χ0) is 26.4. The molecule has 2 rings (SSSR count). The molecular formula is C23H26F3N3O6. The van der Waals surface area contributed by atoms with Crippen molar-refractivity contribution in [2.24, 2.45) is 0 Å². The minimum absolute atomic E-state index is 0.256. The molecule has 2 atom stereocenters. The predicted octanol–water partition coefficient (Wildman–Crippen LogP) is -0.845. The molecule has 0 aliphatic carbocycles. The Morgan fingerprint density at radius 1 is 0.914 bits per heavy atom. The smallest absolute Gasteiger partial charge is 0.430 e. The third-order valence-electron chi connectivity index (χ3n) is 4.48. The fourth-order valence-electron chi connectivity index (χ4n) is 2.69. The van der Waals surface area contributed by atoms with Crippen LogP contribution in [0.1, 0.15) is 11.1 Å². The van der Waals surface area contributed by atoms with E-state index in [2.05, 4.69) is 21.1 Å². The first-order valence-corrected chi connectivity index (χ1v) is 10.3. The van der Waals surface area contributed by atoms with Crippen LogP contribution in [-0.4, -0.2) is 55.7 Å². The number of halogens is 3. The van der Waals surface area contributed by atoms with Crippen molar-refractivity contribution in [3.05, 3.63) is 71.8 Å². The lowest BCUT2D eigenvalue weighted by atomic mass is 10.0. The van der Waals surface area contributed by atoms with E-state index in [1.54, 1.807) is 0 Å². The van der Waals surface area contributed by atoms with E-state index in [0.717, 1.165) is 11.1 Å². The largest absolute Gasteiger partial charge is 0.542 e. The Labute approximate surface area is 199 Å². The molecule has 0 aliphatic rings. The van der Waals surface area contributed by atoms with E-state index in [0.29, 0.717) is 12.8 Å². The van der Waals surface area contributed by atoms with E-state index in [1.165, 1.54) is 7.11 Å². The molecule has 0 aliphatic heterocycles. The Bertz CT molecular complexity index is 971. The zero-order valence-electron chi connectivity index (χ0n) is 18.8. The highest BCUT2D eigenvalue weighted by Gasteiger charge is 2.29. The number of quaternary nitrogens is 1. The molecule has 35 heavy (non-hydrogen) atoms. The van der Waals surface area contributed by atoms with Gasteiger partial charge in [-0.1, -0.05) is 60.7 Å². The van der Waals surface area contributed by atoms with Gasteiger partial charge in [-0.05, 0) is 11.1 Å². The number of esters is 1. The van der Waals surface area contributed by atoms with Crippen LogP contribution in [0.5, 0.6) is 0 Å². The van der Waals surface area contributed by atoms with Crippen LogP contribution >= 0.6 is 0 Å². The van der Waals surface area contributed by atoms with Gasteiger partial charge in [0.2, 0.25) is 5.91 Å². The molecule has 0 fully saturated rings. The Kier molecular flexibility index (Phi) is 11.9. The summed E-state index contributed by atoms with van der Waals surface area (Å²) in [5, 5.41) is 14.0. The molecule has 0 unspecified atom stereocenters. The average Bonchev–Trinajstić information content (AvgIpc) is 2.82. The van der Waals surface area contributed by atoms with Crippen molar-refractivity contribution in [1.29, 1.82) is 0 Å². The number of benzene rings is 2. The second-order valence-corrected chi connectivity index (χ2v) is 7.22. The Hall–Kier alpha value is -3.93. The highest BCUT2D eigenvalue weighted by atomic mass is 19.4. The number of ether oxygens (including phenoxy) is 1. The first-order chi connectivity index (χ1) is 16.4. The van der Waals surface area contributed by atoms with Crippen LogP contribution in [0.2, 0.25) is 0 Å². The van der Waals surface area contributed by atoms with Gasteiger partial charge in [-0.25, -0.2) is 0 Å². The van der Waals surface area contributed by atoms with Gasteiger partial charge < -0.3 is 31.0 Å². The standard InChI is InChI=1S/C21H25N3O4.C2HF3O2/c1-28-19(25)14-23-21(27)18(13-16-10-6-3-7-11-16)24-20(26)17(22)12-15-8-4-2-5-9-15;3-2(4,5)1(6)7/h2-11,17-18H,12-14,22H2,1H3,(H,23,27)(H,24,26);(H,6,7)/t17-,18-;/m0./s1. The van der Waals surface area contributed by atoms with Crippen molar-refractivity contribution >= 4 is 23.8 Å². The van der Waals surface area contributed by atoms with Crippen molar-refractivity contribution in [1.82, 2.24) is 10.6 Å². The summed E-state index contributed by atoms with van der Waals surface area (Å²) >= 11 is 0. The molecule has 0 bridgehead atoms. The summed E-state index contributed by atoms with van der Waals surface area (Å²) in [6.07, 6.45) is -4.42. The van der Waals surface area contributed by atoms with Crippen molar-refractivity contribution in [2.45, 2.75) is 31.1 Å². The van der Waals surface area contributed by atoms with Crippen LogP contribution in [0.3, 0.4) is 0 Å². The van der Waals surface area contributed by atoms with Crippen LogP contribution < -0.4 is 21.5 Å². The number of aliphatic carboxylic acids is 1. The number of carboxylic acid groups (broad SMARTS) is 1. The summed E-state index contributed by atoms with van der Waals surface area (Å²) in [5.74, 6) is -4.34. The first kappa shape index (κ1) is 29.1. The number of rotatable bonds is 9. The summed E-state index contributed by atoms with van der Waals surface area (Å²) in [6, 6.07) is 17.5. The minimum Gasteiger partial charge on any atom is -0.542 e. The molecule has 2 aromatic rings. The molecule has 0 saturated carbocycles. The van der Waals surface area contributed by atoms with Gasteiger partial charge in [-0.2, -0.15) is 13.2 Å². The van der Waals surface area contributed by atoms with Crippen molar-refractivity contribution < 1.29 is 47.9 Å². The molecule has 0 spiro atoms. The summed E-state index contributed by atoms with van der Waals surface area (Å²) in [7, 11) is 1.24. The Balaban J connectivity index is 0.000000762. The van der Waals surface area contributed by atoms with Gasteiger partial charge >= 0.3 is 12.1 Å². The van der Waals surface area contributed by atoms with E-state index < -0.39 is 36.1 Å². The Morgan fingerprint density at radius 3 is 1.80 bits per heavy atom. The molecule has 2 amide bonds. The number of alkyl halides is 3. The molecule has 9 nitrogen and oxygen atoms in total. The third-order valence-corrected chi connectivity index (χ3v) is 4.48. The summed E-state index contributed by atoms with van der Waals surface area (Å²) in [4.78, 5) is 45.2. The molecule has 0 aromatic heterocycles. The maximum atomic E-state index is 12.6. The SMILES string of the molecule is COC(=O)CNC(=O)[C@H](Cc1ccccc1)NC(=O)[C@@H]([NH3+])Cc1ccccc1.O=C([O-])C(F)(F)F. The minimum atomic E-state index is -5.19. The van der Waals surface area contributed by atoms with E-state index >= 15 is 0 Å². The summed E-state index contributed by atoms with van der Waals surface area (Å²) in [6.45, 7) is -0.256. The number of hydrogen-bond donors (Lipinski definition) is 3. The summed E-state index contributed by atoms with van der Waals surface area (Å²) < 4.78 is 36.1. The number of hydrogen-bond acceptors (Lipinski definition) is 6. The molecule has 2 aromatic carbocycles. The van der Waals surface area contributed by atoms with Gasteiger partial charge in [0, 0.05) is 12.8 Å². The van der Waals surface area contributed by atoms with Crippen LogP contribution in [-0.2, 0) is 36.8 Å². The molecule has 5 N–H and O–H groups in total. The molecule has 0 saturated heterocycles. The lowest BCUT2D eigenvalue weighted by molar-refractivity contribution is -0.403. The van der Waals surface area contributed by atoms with E-state index in [-0.39, 0.29) is 12.5 Å². The van der Waals surface area contributed by atoms with Crippen LogP contribution in [0.4, 0.5) is 13.2 Å². The normalized spacial score (nSPS) is 12.3. The molecule has 190 valence electrons. The quantitative estimate of drug-likeness (QED) is 0.384. The zero-order valence-corrected chi connectivity index (χ0v) is 18.8. The highest BCUT2D eigenvalue weighted by Crippen LogP contribution is 2.11. The lowest BCUT2D eigenvalue weighted by Gasteiger charge is -2.19. The number of carboxylic acids is 1. The van der Waals surface area contributed by atoms with Gasteiger partial charge in [0.1, 0.15) is 18.6 Å². The number of carbonyl (C=O) groups excluding carboxylic acids is 4. The number of carbonyl (C=O) groups is 4. The number of nitrogens with one attached hydrogen (secondary N) is 2. The molecule has 12 heteroatoms. The third kappa shape index (κ3) is 11.7. The van der Waals surface area contributed by atoms with Gasteiger partial charge in [-0.3, -0.25) is 14.4 Å². The maximum absolute atomic E-state index is 12.6. The molecule has 0 radical (unpaired) electrons. The fourth-order valence-corrected chi connectivity index (χ4v) is 2.69. The predicted molar refractivity (Wildman–Crippen MR) is 115 cm³/mol. The number of amides is 2. The van der Waals surface area contributed by atoms with Gasteiger partial charge in [0.25, 0.3) is 5.91 Å². The van der Waals surface area contributed by atoms with Gasteiger partial charge in [0.15, 0.2) is 6.04 Å². The first-order valence-electron chi connectivity index (χ1n) is 10.3. The van der Waals surface area contributed by atoms with Crippen molar-refractivity contribution in [3.63, 3.8) is 0 Å².